The molecule has 1 N–H and O–H groups in total. The van der Waals surface area contributed by atoms with Gasteiger partial charge in [0.1, 0.15) is 5.75 Å². The molecule has 0 radical (unpaired) electrons. The first-order valence-electron chi connectivity index (χ1n) is 6.14. The highest BCUT2D eigenvalue weighted by Gasteiger charge is 2.01. The van der Waals surface area contributed by atoms with Gasteiger partial charge in [0.05, 0.1) is 6.61 Å². The molecule has 6 heteroatoms. The molecular weight excluding hydrogens is 296 g/mol. The number of aromatic nitrogens is 2. The second kappa shape index (κ2) is 6.81. The number of rotatable bonds is 5. The van der Waals surface area contributed by atoms with Gasteiger partial charge >= 0.3 is 0 Å². The minimum absolute atomic E-state index is 0.130. The Labute approximate surface area is 126 Å². The number of H-pyrrole nitrogens is 1. The molecule has 2 aromatic rings. The Morgan fingerprint density at radius 2 is 2.15 bits per heavy atom. The van der Waals surface area contributed by atoms with Crippen molar-refractivity contribution in [3.63, 3.8) is 0 Å². The van der Waals surface area contributed by atoms with Gasteiger partial charge in [-0.25, -0.2) is 4.98 Å². The van der Waals surface area contributed by atoms with E-state index >= 15 is 0 Å². The lowest BCUT2D eigenvalue weighted by molar-refractivity contribution is 0.343. The van der Waals surface area contributed by atoms with Gasteiger partial charge in [-0.05, 0) is 37.6 Å². The number of aryl methyl sites for hydroxylation is 2. The lowest BCUT2D eigenvalue weighted by Gasteiger charge is -2.07. The Hall–Kier alpha value is -1.46. The molecular formula is C14H15ClN2O2S. The maximum absolute atomic E-state index is 11.3. The number of ether oxygens (including phenoxy) is 1. The smallest absolute Gasteiger partial charge is 0.251 e. The van der Waals surface area contributed by atoms with Gasteiger partial charge in [-0.2, -0.15) is 0 Å². The van der Waals surface area contributed by atoms with E-state index in [0.717, 1.165) is 16.3 Å². The summed E-state index contributed by atoms with van der Waals surface area (Å²) in [5, 5.41) is 1.35. The molecule has 0 aliphatic carbocycles. The molecule has 0 unspecified atom stereocenters. The molecule has 0 saturated heterocycles. The van der Waals surface area contributed by atoms with Crippen molar-refractivity contribution in [2.75, 3.05) is 12.4 Å². The highest BCUT2D eigenvalue weighted by molar-refractivity contribution is 7.99. The van der Waals surface area contributed by atoms with E-state index in [9.17, 15) is 4.79 Å². The first-order valence-corrected chi connectivity index (χ1v) is 7.50. The van der Waals surface area contributed by atoms with Crippen LogP contribution in [0, 0.1) is 13.8 Å². The lowest BCUT2D eigenvalue weighted by Crippen LogP contribution is -2.09. The zero-order valence-electron chi connectivity index (χ0n) is 11.3. The molecule has 0 aliphatic rings. The van der Waals surface area contributed by atoms with E-state index < -0.39 is 0 Å². The summed E-state index contributed by atoms with van der Waals surface area (Å²) >= 11 is 7.41. The summed E-state index contributed by atoms with van der Waals surface area (Å²) in [7, 11) is 0. The summed E-state index contributed by atoms with van der Waals surface area (Å²) in [5.74, 6) is 1.49. The predicted octanol–water partition coefficient (Wildman–Crippen LogP) is 3.21. The van der Waals surface area contributed by atoms with E-state index in [2.05, 4.69) is 9.97 Å². The third-order valence-electron chi connectivity index (χ3n) is 2.57. The summed E-state index contributed by atoms with van der Waals surface area (Å²) in [6, 6.07) is 7.03. The fraction of sp³-hybridized carbons (Fsp3) is 0.286. The molecule has 4 nitrogen and oxygen atoms in total. The zero-order chi connectivity index (χ0) is 14.5. The van der Waals surface area contributed by atoms with Crippen LogP contribution in [0.2, 0.25) is 5.02 Å². The summed E-state index contributed by atoms with van der Waals surface area (Å²) in [4.78, 5) is 18.2. The van der Waals surface area contributed by atoms with Crippen molar-refractivity contribution in [1.29, 1.82) is 0 Å². The van der Waals surface area contributed by atoms with Crippen LogP contribution in [0.15, 0.2) is 34.2 Å². The monoisotopic (exact) mass is 310 g/mol. The third kappa shape index (κ3) is 4.28. The molecule has 0 fully saturated rings. The molecule has 2 rings (SSSR count). The molecule has 1 aromatic heterocycles. The molecule has 0 atom stereocenters. The van der Waals surface area contributed by atoms with Gasteiger partial charge in [0.2, 0.25) is 0 Å². The highest BCUT2D eigenvalue weighted by Crippen LogP contribution is 2.21. The molecule has 0 saturated carbocycles. The average Bonchev–Trinajstić information content (AvgIpc) is 2.38. The van der Waals surface area contributed by atoms with Gasteiger partial charge in [0.15, 0.2) is 5.16 Å². The van der Waals surface area contributed by atoms with Crippen molar-refractivity contribution >= 4 is 23.4 Å². The van der Waals surface area contributed by atoms with Gasteiger partial charge < -0.3 is 9.72 Å². The first-order chi connectivity index (χ1) is 9.54. The fourth-order valence-electron chi connectivity index (χ4n) is 1.62. The molecule has 20 heavy (non-hydrogen) atoms. The standard InChI is InChI=1S/C14H15ClN2O2S/c1-9-7-11(3-4-12(9)15)19-5-6-20-14-16-10(2)8-13(18)17-14/h3-4,7-8H,5-6H2,1-2H3,(H,16,17,18). The van der Waals surface area contributed by atoms with Crippen LogP contribution in [0.1, 0.15) is 11.3 Å². The number of nitrogens with zero attached hydrogens (tertiary/aromatic N) is 1. The molecule has 1 aromatic carbocycles. The van der Waals surface area contributed by atoms with E-state index in [1.165, 1.54) is 17.8 Å². The minimum atomic E-state index is -0.130. The number of nitrogens with one attached hydrogen (secondary N) is 1. The second-order valence-electron chi connectivity index (χ2n) is 4.30. The quantitative estimate of drug-likeness (QED) is 0.523. The number of aromatic amines is 1. The Morgan fingerprint density at radius 1 is 1.35 bits per heavy atom. The maximum Gasteiger partial charge on any atom is 0.251 e. The van der Waals surface area contributed by atoms with Crippen LogP contribution >= 0.6 is 23.4 Å². The second-order valence-corrected chi connectivity index (χ2v) is 5.79. The van der Waals surface area contributed by atoms with Crippen molar-refractivity contribution in [3.05, 3.63) is 50.9 Å². The Balaban J connectivity index is 1.84. The van der Waals surface area contributed by atoms with Crippen molar-refractivity contribution in [2.45, 2.75) is 19.0 Å². The highest BCUT2D eigenvalue weighted by atomic mass is 35.5. The zero-order valence-corrected chi connectivity index (χ0v) is 12.8. The lowest BCUT2D eigenvalue weighted by atomic mass is 10.2. The Kier molecular flexibility index (Phi) is 5.09. The predicted molar refractivity (Wildman–Crippen MR) is 82.0 cm³/mol. The summed E-state index contributed by atoms with van der Waals surface area (Å²) in [5.41, 5.74) is 1.57. The normalized spacial score (nSPS) is 10.6. The van der Waals surface area contributed by atoms with Crippen LogP contribution in [0.5, 0.6) is 5.75 Å². The van der Waals surface area contributed by atoms with Crippen LogP contribution in [-0.4, -0.2) is 22.3 Å². The van der Waals surface area contributed by atoms with Crippen molar-refractivity contribution in [1.82, 2.24) is 9.97 Å². The van der Waals surface area contributed by atoms with Gasteiger partial charge in [-0.3, -0.25) is 4.79 Å². The molecule has 106 valence electrons. The van der Waals surface area contributed by atoms with Crippen LogP contribution in [0.3, 0.4) is 0 Å². The SMILES string of the molecule is Cc1cc(=O)[nH]c(SCCOc2ccc(Cl)c(C)c2)n1. The number of halogens is 1. The summed E-state index contributed by atoms with van der Waals surface area (Å²) < 4.78 is 5.62. The van der Waals surface area contributed by atoms with E-state index in [1.54, 1.807) is 6.92 Å². The van der Waals surface area contributed by atoms with Crippen LogP contribution in [0.25, 0.3) is 0 Å². The van der Waals surface area contributed by atoms with Crippen molar-refractivity contribution in [3.8, 4) is 5.75 Å². The van der Waals surface area contributed by atoms with E-state index in [0.29, 0.717) is 23.2 Å². The van der Waals surface area contributed by atoms with Crippen molar-refractivity contribution in [2.24, 2.45) is 0 Å². The number of hydrogen-bond acceptors (Lipinski definition) is 4. The first kappa shape index (κ1) is 14.9. The van der Waals surface area contributed by atoms with E-state index in [-0.39, 0.29) is 5.56 Å². The molecule has 0 amide bonds. The van der Waals surface area contributed by atoms with Crippen molar-refractivity contribution < 1.29 is 4.74 Å². The fourth-order valence-corrected chi connectivity index (χ4v) is 2.48. The van der Waals surface area contributed by atoms with Gasteiger partial charge in [0.25, 0.3) is 5.56 Å². The minimum Gasteiger partial charge on any atom is -0.493 e. The number of benzene rings is 1. The molecule has 0 bridgehead atoms. The third-order valence-corrected chi connectivity index (χ3v) is 3.83. The van der Waals surface area contributed by atoms with Crippen LogP contribution < -0.4 is 10.3 Å². The molecule has 0 aliphatic heterocycles. The van der Waals surface area contributed by atoms with Gasteiger partial charge in [-0.15, -0.1) is 0 Å². The Bertz CT molecular complexity index is 658. The van der Waals surface area contributed by atoms with Crippen LogP contribution in [-0.2, 0) is 0 Å². The number of hydrogen-bond donors (Lipinski definition) is 1. The number of thioether (sulfide) groups is 1. The molecule has 0 spiro atoms. The van der Waals surface area contributed by atoms with E-state index in [4.69, 9.17) is 16.3 Å². The van der Waals surface area contributed by atoms with E-state index in [1.807, 2.05) is 25.1 Å². The topological polar surface area (TPSA) is 55.0 Å². The Morgan fingerprint density at radius 3 is 2.85 bits per heavy atom. The van der Waals surface area contributed by atoms with Gasteiger partial charge in [-0.1, -0.05) is 23.4 Å². The average molecular weight is 311 g/mol. The summed E-state index contributed by atoms with van der Waals surface area (Å²) in [6.45, 7) is 4.26. The largest absolute Gasteiger partial charge is 0.493 e. The molecule has 1 heterocycles. The summed E-state index contributed by atoms with van der Waals surface area (Å²) in [6.07, 6.45) is 0. The van der Waals surface area contributed by atoms with Crippen LogP contribution in [0.4, 0.5) is 0 Å². The van der Waals surface area contributed by atoms with Gasteiger partial charge in [0, 0.05) is 22.5 Å². The maximum atomic E-state index is 11.3.